The molecule has 0 fully saturated rings. The van der Waals surface area contributed by atoms with E-state index in [-0.39, 0.29) is 11.9 Å². The number of nitrogens with one attached hydrogen (secondary N) is 1. The smallest absolute Gasteiger partial charge is 0.341 e. The average molecular weight is 402 g/mol. The second-order valence-corrected chi connectivity index (χ2v) is 8.24. The van der Waals surface area contributed by atoms with Crippen LogP contribution in [0.25, 0.3) is 0 Å². The molecular weight excluding hydrogens is 374 g/mol. The number of aryl methyl sites for hydroxylation is 3. The fourth-order valence-corrected chi connectivity index (χ4v) is 4.61. The first-order chi connectivity index (χ1) is 13.4. The van der Waals surface area contributed by atoms with Crippen molar-refractivity contribution in [3.05, 3.63) is 45.3 Å². The molecule has 1 aromatic carbocycles. The number of amides is 1. The Hall–Kier alpha value is -2.34. The van der Waals surface area contributed by atoms with Gasteiger partial charge in [-0.3, -0.25) is 4.79 Å². The maximum Gasteiger partial charge on any atom is 0.341 e. The molecule has 0 spiro atoms. The zero-order chi connectivity index (χ0) is 20.3. The molecule has 0 aliphatic heterocycles. The second-order valence-electron chi connectivity index (χ2n) is 7.13. The molecule has 2 aromatic rings. The number of thiophene rings is 1. The van der Waals surface area contributed by atoms with E-state index in [9.17, 15) is 9.59 Å². The van der Waals surface area contributed by atoms with Gasteiger partial charge in [0.05, 0.1) is 12.2 Å². The van der Waals surface area contributed by atoms with Gasteiger partial charge in [0.25, 0.3) is 5.91 Å². The third-order valence-corrected chi connectivity index (χ3v) is 6.26. The largest absolute Gasteiger partial charge is 0.481 e. The van der Waals surface area contributed by atoms with E-state index < -0.39 is 6.10 Å². The molecule has 28 heavy (non-hydrogen) atoms. The fourth-order valence-electron chi connectivity index (χ4n) is 3.33. The van der Waals surface area contributed by atoms with Crippen molar-refractivity contribution in [3.63, 3.8) is 0 Å². The lowest BCUT2D eigenvalue weighted by Crippen LogP contribution is -2.30. The highest BCUT2D eigenvalue weighted by molar-refractivity contribution is 7.17. The summed E-state index contributed by atoms with van der Waals surface area (Å²) in [5.74, 6) is 0.0177. The summed E-state index contributed by atoms with van der Waals surface area (Å²) >= 11 is 1.48. The van der Waals surface area contributed by atoms with Crippen LogP contribution in [0.3, 0.4) is 0 Å². The molecule has 0 radical (unpaired) electrons. The number of carbonyl (C=O) groups excluding carboxylic acids is 2. The van der Waals surface area contributed by atoms with Crippen molar-refractivity contribution in [2.24, 2.45) is 0 Å². The van der Waals surface area contributed by atoms with E-state index in [0.29, 0.717) is 22.9 Å². The maximum absolute atomic E-state index is 12.7. The van der Waals surface area contributed by atoms with Gasteiger partial charge in [0, 0.05) is 4.88 Å². The summed E-state index contributed by atoms with van der Waals surface area (Å²) in [5, 5.41) is 3.48. The summed E-state index contributed by atoms with van der Waals surface area (Å²) in [5.41, 5.74) is 3.84. The molecule has 1 aliphatic carbocycles. The first-order valence-corrected chi connectivity index (χ1v) is 10.6. The predicted octanol–water partition coefficient (Wildman–Crippen LogP) is 4.83. The summed E-state index contributed by atoms with van der Waals surface area (Å²) in [7, 11) is 0. The van der Waals surface area contributed by atoms with Crippen LogP contribution in [0.2, 0.25) is 0 Å². The van der Waals surface area contributed by atoms with Gasteiger partial charge in [-0.15, -0.1) is 11.3 Å². The lowest BCUT2D eigenvalue weighted by Gasteiger charge is -2.16. The molecule has 1 atom stereocenters. The number of hydrogen-bond donors (Lipinski definition) is 1. The first-order valence-electron chi connectivity index (χ1n) is 9.77. The van der Waals surface area contributed by atoms with E-state index in [0.717, 1.165) is 36.8 Å². The number of ether oxygens (including phenoxy) is 2. The van der Waals surface area contributed by atoms with Crippen molar-refractivity contribution in [3.8, 4) is 5.75 Å². The Morgan fingerprint density at radius 3 is 2.64 bits per heavy atom. The highest BCUT2D eigenvalue weighted by atomic mass is 32.1. The minimum Gasteiger partial charge on any atom is -0.481 e. The monoisotopic (exact) mass is 401 g/mol. The zero-order valence-corrected chi connectivity index (χ0v) is 17.7. The third-order valence-electron chi connectivity index (χ3n) is 5.05. The fraction of sp³-hybridized carbons (Fsp3) is 0.455. The van der Waals surface area contributed by atoms with Crippen LogP contribution in [0, 0.1) is 13.8 Å². The normalized spacial score (nSPS) is 14.1. The number of anilines is 1. The van der Waals surface area contributed by atoms with Crippen molar-refractivity contribution in [1.82, 2.24) is 0 Å². The third kappa shape index (κ3) is 4.38. The molecule has 6 heteroatoms. The van der Waals surface area contributed by atoms with Gasteiger partial charge in [0.1, 0.15) is 10.8 Å². The maximum atomic E-state index is 12.7. The molecule has 1 amide bonds. The van der Waals surface area contributed by atoms with Gasteiger partial charge >= 0.3 is 5.97 Å². The van der Waals surface area contributed by atoms with Crippen LogP contribution in [0.15, 0.2) is 18.2 Å². The Kier molecular flexibility index (Phi) is 6.39. The Bertz CT molecular complexity index is 887. The van der Waals surface area contributed by atoms with E-state index in [1.807, 2.05) is 32.0 Å². The van der Waals surface area contributed by atoms with Gasteiger partial charge in [-0.1, -0.05) is 6.07 Å². The predicted molar refractivity (Wildman–Crippen MR) is 112 cm³/mol. The molecule has 1 heterocycles. The number of fused-ring (bicyclic) bond motifs is 1. The minimum atomic E-state index is -0.684. The van der Waals surface area contributed by atoms with Crippen LogP contribution in [-0.2, 0) is 22.4 Å². The lowest BCUT2D eigenvalue weighted by atomic mass is 9.95. The highest BCUT2D eigenvalue weighted by Crippen LogP contribution is 2.38. The summed E-state index contributed by atoms with van der Waals surface area (Å²) in [6, 6.07) is 5.76. The first kappa shape index (κ1) is 20.4. The van der Waals surface area contributed by atoms with Crippen LogP contribution in [0.4, 0.5) is 5.00 Å². The Balaban J connectivity index is 1.78. The molecule has 150 valence electrons. The Morgan fingerprint density at radius 1 is 1.18 bits per heavy atom. The molecule has 5 nitrogen and oxygen atoms in total. The van der Waals surface area contributed by atoms with Gasteiger partial charge in [0.15, 0.2) is 6.10 Å². The zero-order valence-electron chi connectivity index (χ0n) is 16.9. The molecule has 1 N–H and O–H groups in total. The van der Waals surface area contributed by atoms with Gasteiger partial charge < -0.3 is 14.8 Å². The molecule has 0 saturated heterocycles. The molecule has 1 aromatic heterocycles. The Morgan fingerprint density at radius 2 is 1.93 bits per heavy atom. The number of esters is 1. The van der Waals surface area contributed by atoms with Crippen molar-refractivity contribution < 1.29 is 19.1 Å². The highest BCUT2D eigenvalue weighted by Gasteiger charge is 2.28. The van der Waals surface area contributed by atoms with Crippen molar-refractivity contribution in [1.29, 1.82) is 0 Å². The van der Waals surface area contributed by atoms with E-state index in [2.05, 4.69) is 5.32 Å². The summed E-state index contributed by atoms with van der Waals surface area (Å²) in [4.78, 5) is 26.4. The van der Waals surface area contributed by atoms with Crippen LogP contribution < -0.4 is 10.1 Å². The van der Waals surface area contributed by atoms with Crippen LogP contribution in [-0.4, -0.2) is 24.6 Å². The lowest BCUT2D eigenvalue weighted by molar-refractivity contribution is -0.122. The van der Waals surface area contributed by atoms with E-state index in [4.69, 9.17) is 9.47 Å². The van der Waals surface area contributed by atoms with Crippen molar-refractivity contribution >= 4 is 28.2 Å². The van der Waals surface area contributed by atoms with Crippen LogP contribution in [0.1, 0.15) is 58.6 Å². The SMILES string of the molecule is CCOC(=O)c1c(NC(=O)[C@H](C)Oc2ccc(C)c(C)c2)sc2c1CCCC2. The Labute approximate surface area is 170 Å². The summed E-state index contributed by atoms with van der Waals surface area (Å²) in [6.07, 6.45) is 3.27. The summed E-state index contributed by atoms with van der Waals surface area (Å²) < 4.78 is 11.1. The van der Waals surface area contributed by atoms with Gasteiger partial charge in [-0.2, -0.15) is 0 Å². The number of rotatable bonds is 6. The quantitative estimate of drug-likeness (QED) is 0.705. The van der Waals surface area contributed by atoms with Gasteiger partial charge in [-0.25, -0.2) is 4.79 Å². The topological polar surface area (TPSA) is 64.6 Å². The molecule has 0 saturated carbocycles. The average Bonchev–Trinajstić information content (AvgIpc) is 3.02. The second kappa shape index (κ2) is 8.78. The van der Waals surface area contributed by atoms with Crippen molar-refractivity contribution in [2.45, 2.75) is 59.5 Å². The minimum absolute atomic E-state index is 0.276. The van der Waals surface area contributed by atoms with Gasteiger partial charge in [-0.05, 0) is 82.2 Å². The molecule has 0 unspecified atom stereocenters. The van der Waals surface area contributed by atoms with Crippen LogP contribution >= 0.6 is 11.3 Å². The molecule has 0 bridgehead atoms. The van der Waals surface area contributed by atoms with Crippen molar-refractivity contribution in [2.75, 3.05) is 11.9 Å². The summed E-state index contributed by atoms with van der Waals surface area (Å²) in [6.45, 7) is 7.85. The standard InChI is InChI=1S/C22H27NO4S/c1-5-26-22(25)19-17-8-6-7-9-18(17)28-21(19)23-20(24)15(4)27-16-11-10-13(2)14(3)12-16/h10-12,15H,5-9H2,1-4H3,(H,23,24)/t15-/m0/s1. The van der Waals surface area contributed by atoms with Gasteiger partial charge in [0.2, 0.25) is 0 Å². The number of benzene rings is 1. The molecular formula is C22H27NO4S. The number of hydrogen-bond acceptors (Lipinski definition) is 5. The van der Waals surface area contributed by atoms with Crippen LogP contribution in [0.5, 0.6) is 5.75 Å². The van der Waals surface area contributed by atoms with E-state index >= 15 is 0 Å². The molecule has 3 rings (SSSR count). The van der Waals surface area contributed by atoms with E-state index in [1.165, 1.54) is 21.8 Å². The van der Waals surface area contributed by atoms with E-state index in [1.54, 1.807) is 13.8 Å². The molecule has 1 aliphatic rings. The number of carbonyl (C=O) groups is 2.